The van der Waals surface area contributed by atoms with Crippen LogP contribution in [0.1, 0.15) is 41.3 Å². The zero-order chi connectivity index (χ0) is 18.0. The Morgan fingerprint density at radius 3 is 2.84 bits per heavy atom. The van der Waals surface area contributed by atoms with Gasteiger partial charge in [0, 0.05) is 6.54 Å². The van der Waals surface area contributed by atoms with E-state index in [1.54, 1.807) is 0 Å². The van der Waals surface area contributed by atoms with E-state index in [4.69, 9.17) is 4.74 Å². The first kappa shape index (κ1) is 17.1. The van der Waals surface area contributed by atoms with Gasteiger partial charge in [-0.2, -0.15) is 0 Å². The summed E-state index contributed by atoms with van der Waals surface area (Å²) in [6.07, 6.45) is 0.194. The van der Waals surface area contributed by atoms with Crippen LogP contribution in [0.5, 0.6) is 5.75 Å². The summed E-state index contributed by atoms with van der Waals surface area (Å²) in [5.41, 5.74) is -0.306. The molecule has 25 heavy (non-hydrogen) atoms. The summed E-state index contributed by atoms with van der Waals surface area (Å²) in [5.74, 6) is -1.40. The lowest BCUT2D eigenvalue weighted by molar-refractivity contribution is 0.0113. The van der Waals surface area contributed by atoms with E-state index in [9.17, 15) is 19.1 Å². The van der Waals surface area contributed by atoms with Gasteiger partial charge in [0.25, 0.3) is 11.5 Å². The van der Waals surface area contributed by atoms with E-state index < -0.39 is 23.3 Å². The number of rotatable bonds is 4. The molecule has 0 spiro atoms. The number of fused-ring (bicyclic) bond motifs is 1. The Kier molecular flexibility index (Phi) is 4.80. The van der Waals surface area contributed by atoms with Crippen molar-refractivity contribution in [1.82, 2.24) is 14.9 Å². The number of carbonyl (C=O) groups excluding carboxylic acids is 1. The zero-order valence-corrected chi connectivity index (χ0v) is 13.7. The molecule has 0 aliphatic carbocycles. The van der Waals surface area contributed by atoms with E-state index in [-0.39, 0.29) is 24.6 Å². The lowest BCUT2D eigenvalue weighted by Gasteiger charge is -2.26. The predicted octanol–water partition coefficient (Wildman–Crippen LogP) is 1.50. The van der Waals surface area contributed by atoms with E-state index in [1.807, 2.05) is 6.92 Å². The van der Waals surface area contributed by atoms with Crippen molar-refractivity contribution in [3.05, 3.63) is 57.5 Å². The van der Waals surface area contributed by atoms with Gasteiger partial charge in [0.2, 0.25) is 5.75 Å². The summed E-state index contributed by atoms with van der Waals surface area (Å²) in [7, 11) is 0. The van der Waals surface area contributed by atoms with Gasteiger partial charge in [0.15, 0.2) is 5.69 Å². The van der Waals surface area contributed by atoms with Gasteiger partial charge in [0.05, 0.1) is 13.2 Å². The molecule has 0 saturated heterocycles. The smallest absolute Gasteiger partial charge is 0.296 e. The van der Waals surface area contributed by atoms with Gasteiger partial charge in [-0.05, 0) is 24.1 Å². The first-order valence-corrected chi connectivity index (χ1v) is 7.99. The second-order valence-electron chi connectivity index (χ2n) is 5.70. The highest BCUT2D eigenvalue weighted by Gasteiger charge is 2.27. The SMILES string of the molecule is CCC1OCCn2c1nc(C(=O)NCc1ccc(F)cc1)c(O)c2=O. The van der Waals surface area contributed by atoms with Gasteiger partial charge in [-0.25, -0.2) is 9.37 Å². The Bertz CT molecular complexity index is 848. The van der Waals surface area contributed by atoms with Crippen molar-refractivity contribution >= 4 is 5.91 Å². The number of amides is 1. The summed E-state index contributed by atoms with van der Waals surface area (Å²) in [5, 5.41) is 12.6. The van der Waals surface area contributed by atoms with Gasteiger partial charge >= 0.3 is 0 Å². The van der Waals surface area contributed by atoms with Gasteiger partial charge in [-0.1, -0.05) is 19.1 Å². The number of nitrogens with one attached hydrogen (secondary N) is 1. The Balaban J connectivity index is 1.86. The minimum absolute atomic E-state index is 0.117. The van der Waals surface area contributed by atoms with Crippen LogP contribution in [0.2, 0.25) is 0 Å². The Labute approximate surface area is 143 Å². The highest BCUT2D eigenvalue weighted by molar-refractivity contribution is 5.94. The Morgan fingerprint density at radius 2 is 2.16 bits per heavy atom. The average molecular weight is 347 g/mol. The van der Waals surface area contributed by atoms with Crippen LogP contribution in [0.15, 0.2) is 29.1 Å². The Hall–Kier alpha value is -2.74. The molecule has 1 atom stereocenters. The van der Waals surface area contributed by atoms with E-state index in [1.165, 1.54) is 28.8 Å². The topological polar surface area (TPSA) is 93.5 Å². The molecule has 0 radical (unpaired) electrons. The van der Waals surface area contributed by atoms with Crippen molar-refractivity contribution in [2.45, 2.75) is 32.5 Å². The number of aromatic hydroxyl groups is 1. The largest absolute Gasteiger partial charge is 0.501 e. The fraction of sp³-hybridized carbons (Fsp3) is 0.353. The summed E-state index contributed by atoms with van der Waals surface area (Å²) in [6, 6.07) is 5.63. The molecule has 0 saturated carbocycles. The first-order chi connectivity index (χ1) is 12.0. The zero-order valence-electron chi connectivity index (χ0n) is 13.7. The van der Waals surface area contributed by atoms with Crippen LogP contribution in [-0.2, 0) is 17.8 Å². The third kappa shape index (κ3) is 3.39. The monoisotopic (exact) mass is 347 g/mol. The molecule has 1 aromatic carbocycles. The number of halogens is 1. The number of hydrogen-bond acceptors (Lipinski definition) is 5. The molecule has 8 heteroatoms. The fourth-order valence-corrected chi connectivity index (χ4v) is 2.71. The first-order valence-electron chi connectivity index (χ1n) is 7.99. The molecule has 7 nitrogen and oxygen atoms in total. The molecule has 1 unspecified atom stereocenters. The van der Waals surface area contributed by atoms with Crippen LogP contribution in [0.25, 0.3) is 0 Å². The molecule has 1 aliphatic rings. The third-order valence-electron chi connectivity index (χ3n) is 4.05. The van der Waals surface area contributed by atoms with Crippen LogP contribution in [-0.4, -0.2) is 27.2 Å². The molecule has 2 aromatic rings. The standard InChI is InChI=1S/C17H18FN3O4/c1-2-12-15-20-13(14(22)17(24)21(15)7-8-25-12)16(23)19-9-10-3-5-11(18)6-4-10/h3-6,12,22H,2,7-9H2,1H3,(H,19,23). The molecule has 0 fully saturated rings. The lowest BCUT2D eigenvalue weighted by atomic mass is 10.2. The number of hydrogen-bond donors (Lipinski definition) is 2. The minimum atomic E-state index is -0.683. The molecule has 132 valence electrons. The van der Waals surface area contributed by atoms with Gasteiger partial charge in [-0.3, -0.25) is 14.2 Å². The lowest BCUT2D eigenvalue weighted by Crippen LogP contribution is -2.36. The van der Waals surface area contributed by atoms with Crippen molar-refractivity contribution in [3.63, 3.8) is 0 Å². The molecule has 1 aromatic heterocycles. The van der Waals surface area contributed by atoms with E-state index in [0.717, 1.165) is 0 Å². The van der Waals surface area contributed by atoms with E-state index in [2.05, 4.69) is 10.3 Å². The van der Waals surface area contributed by atoms with Crippen LogP contribution >= 0.6 is 0 Å². The average Bonchev–Trinajstić information content (AvgIpc) is 2.63. The number of nitrogens with zero attached hydrogens (tertiary/aromatic N) is 2. The second kappa shape index (κ2) is 7.02. The molecule has 1 aliphatic heterocycles. The maximum Gasteiger partial charge on any atom is 0.296 e. The van der Waals surface area contributed by atoms with Crippen molar-refractivity contribution in [2.75, 3.05) is 6.61 Å². The highest BCUT2D eigenvalue weighted by Crippen LogP contribution is 2.24. The van der Waals surface area contributed by atoms with Gasteiger partial charge < -0.3 is 15.2 Å². The highest BCUT2D eigenvalue weighted by atomic mass is 19.1. The summed E-state index contributed by atoms with van der Waals surface area (Å²) in [4.78, 5) is 28.8. The molecule has 2 N–H and O–H groups in total. The maximum atomic E-state index is 12.9. The quantitative estimate of drug-likeness (QED) is 0.874. The molecule has 1 amide bonds. The third-order valence-corrected chi connectivity index (χ3v) is 4.05. The Morgan fingerprint density at radius 1 is 1.44 bits per heavy atom. The van der Waals surface area contributed by atoms with E-state index in [0.29, 0.717) is 24.4 Å². The minimum Gasteiger partial charge on any atom is -0.501 e. The maximum absolute atomic E-state index is 12.9. The van der Waals surface area contributed by atoms with Crippen molar-refractivity contribution in [2.24, 2.45) is 0 Å². The second-order valence-corrected chi connectivity index (χ2v) is 5.70. The van der Waals surface area contributed by atoms with Crippen LogP contribution in [0.3, 0.4) is 0 Å². The van der Waals surface area contributed by atoms with Crippen LogP contribution in [0.4, 0.5) is 4.39 Å². The van der Waals surface area contributed by atoms with Gasteiger partial charge in [-0.15, -0.1) is 0 Å². The fourth-order valence-electron chi connectivity index (χ4n) is 2.71. The molecule has 0 bridgehead atoms. The van der Waals surface area contributed by atoms with Gasteiger partial charge in [0.1, 0.15) is 17.7 Å². The number of aromatic nitrogens is 2. The number of benzene rings is 1. The van der Waals surface area contributed by atoms with Crippen LogP contribution in [0, 0.1) is 5.82 Å². The normalized spacial score (nSPS) is 16.3. The molecular weight excluding hydrogens is 329 g/mol. The molecule has 2 heterocycles. The predicted molar refractivity (Wildman–Crippen MR) is 86.7 cm³/mol. The van der Waals surface area contributed by atoms with Crippen molar-refractivity contribution in [1.29, 1.82) is 0 Å². The summed E-state index contributed by atoms with van der Waals surface area (Å²) < 4.78 is 19.8. The summed E-state index contributed by atoms with van der Waals surface area (Å²) in [6.45, 7) is 2.63. The molecular formula is C17H18FN3O4. The van der Waals surface area contributed by atoms with Crippen molar-refractivity contribution < 1.29 is 19.0 Å². The number of ether oxygens (including phenoxy) is 1. The van der Waals surface area contributed by atoms with E-state index >= 15 is 0 Å². The number of carbonyl (C=O) groups is 1. The van der Waals surface area contributed by atoms with Crippen LogP contribution < -0.4 is 10.9 Å². The summed E-state index contributed by atoms with van der Waals surface area (Å²) >= 11 is 0. The van der Waals surface area contributed by atoms with Crippen molar-refractivity contribution in [3.8, 4) is 5.75 Å². The molecule has 3 rings (SSSR count).